The average Bonchev–Trinajstić information content (AvgIpc) is 2.40. The second-order valence-electron chi connectivity index (χ2n) is 3.98. The molecule has 1 heterocycles. The minimum absolute atomic E-state index is 0.995. The Morgan fingerprint density at radius 3 is 2.35 bits per heavy atom. The summed E-state index contributed by atoms with van der Waals surface area (Å²) >= 11 is 0. The zero-order valence-corrected chi connectivity index (χ0v) is 9.38. The smallest absolute Gasteiger partial charge is 0.0705 e. The molecule has 0 saturated heterocycles. The molecule has 0 aliphatic rings. The zero-order chi connectivity index (χ0) is 11.5. The summed E-state index contributed by atoms with van der Waals surface area (Å²) in [5, 5.41) is 1.18. The molecule has 0 aliphatic carbocycles. The van der Waals surface area contributed by atoms with Gasteiger partial charge in [0.05, 0.1) is 5.52 Å². The van der Waals surface area contributed by atoms with E-state index in [9.17, 15) is 0 Å². The summed E-state index contributed by atoms with van der Waals surface area (Å²) in [6.07, 6.45) is 2.09. The summed E-state index contributed by atoms with van der Waals surface area (Å²) in [6.45, 7) is 0. The number of rotatable bonds is 2. The lowest BCUT2D eigenvalue weighted by atomic mass is 10.1. The summed E-state index contributed by atoms with van der Waals surface area (Å²) < 4.78 is 0. The fraction of sp³-hybridized carbons (Fsp3) is 0. The Balaban J connectivity index is 1.96. The molecule has 1 nitrogen and oxygen atoms in total. The van der Waals surface area contributed by atoms with Gasteiger partial charge in [0.2, 0.25) is 0 Å². The highest BCUT2D eigenvalue weighted by molar-refractivity contribution is 5.78. The largest absolute Gasteiger partial charge is 0.252 e. The van der Waals surface area contributed by atoms with E-state index in [0.717, 1.165) is 11.2 Å². The molecule has 0 atom stereocenters. The van der Waals surface area contributed by atoms with Gasteiger partial charge in [-0.25, -0.2) is 0 Å². The molecule has 0 bridgehead atoms. The Morgan fingerprint density at radius 2 is 1.47 bits per heavy atom. The van der Waals surface area contributed by atoms with Gasteiger partial charge >= 0.3 is 0 Å². The van der Waals surface area contributed by atoms with Gasteiger partial charge < -0.3 is 0 Å². The van der Waals surface area contributed by atoms with Gasteiger partial charge in [-0.15, -0.1) is 0 Å². The number of pyridine rings is 1. The molecule has 1 radical (unpaired) electrons. The van der Waals surface area contributed by atoms with Crippen molar-refractivity contribution in [3.8, 4) is 0 Å². The van der Waals surface area contributed by atoms with E-state index in [1.807, 2.05) is 36.4 Å². The van der Waals surface area contributed by atoms with Crippen molar-refractivity contribution >= 4 is 10.9 Å². The van der Waals surface area contributed by atoms with Crippen LogP contribution in [0.1, 0.15) is 11.3 Å². The summed E-state index contributed by atoms with van der Waals surface area (Å²) in [6, 6.07) is 22.6. The number of nitrogens with zero attached hydrogens (tertiary/aromatic N) is 1. The van der Waals surface area contributed by atoms with Gasteiger partial charge in [-0.1, -0.05) is 54.6 Å². The van der Waals surface area contributed by atoms with E-state index in [2.05, 4.69) is 41.7 Å². The Kier molecular flexibility index (Phi) is 2.59. The van der Waals surface area contributed by atoms with Crippen LogP contribution in [0.25, 0.3) is 10.9 Å². The maximum atomic E-state index is 4.61. The highest BCUT2D eigenvalue weighted by Crippen LogP contribution is 2.15. The molecule has 0 fully saturated rings. The molecule has 1 aromatic heterocycles. The van der Waals surface area contributed by atoms with Crippen LogP contribution in [0.4, 0.5) is 0 Å². The van der Waals surface area contributed by atoms with Crippen molar-refractivity contribution in [2.75, 3.05) is 0 Å². The van der Waals surface area contributed by atoms with E-state index in [1.54, 1.807) is 0 Å². The van der Waals surface area contributed by atoms with Gasteiger partial charge in [0.15, 0.2) is 0 Å². The van der Waals surface area contributed by atoms with Crippen LogP contribution in [-0.4, -0.2) is 4.98 Å². The van der Waals surface area contributed by atoms with Gasteiger partial charge in [0.25, 0.3) is 0 Å². The molecule has 0 spiro atoms. The number of fused-ring (bicyclic) bond motifs is 1. The third-order valence-electron chi connectivity index (χ3n) is 2.73. The Hall–Kier alpha value is -2.15. The fourth-order valence-electron chi connectivity index (χ4n) is 1.88. The maximum Gasteiger partial charge on any atom is 0.0705 e. The van der Waals surface area contributed by atoms with Crippen molar-refractivity contribution in [2.24, 2.45) is 0 Å². The molecule has 0 unspecified atom stereocenters. The second-order valence-corrected chi connectivity index (χ2v) is 3.98. The summed E-state index contributed by atoms with van der Waals surface area (Å²) in [5.74, 6) is 0. The van der Waals surface area contributed by atoms with Crippen LogP contribution in [0, 0.1) is 6.42 Å². The number of benzene rings is 2. The first kappa shape index (κ1) is 10.0. The van der Waals surface area contributed by atoms with E-state index in [1.165, 1.54) is 10.9 Å². The summed E-state index contributed by atoms with van der Waals surface area (Å²) in [7, 11) is 0. The quantitative estimate of drug-likeness (QED) is 0.637. The lowest BCUT2D eigenvalue weighted by Crippen LogP contribution is -1.89. The second kappa shape index (κ2) is 4.38. The number of para-hydroxylation sites is 1. The van der Waals surface area contributed by atoms with Crippen molar-refractivity contribution < 1.29 is 0 Å². The molecular weight excluding hydrogens is 206 g/mol. The van der Waals surface area contributed by atoms with Crippen LogP contribution in [0.15, 0.2) is 66.7 Å². The van der Waals surface area contributed by atoms with Gasteiger partial charge in [-0.3, -0.25) is 4.98 Å². The first-order valence-corrected chi connectivity index (χ1v) is 5.67. The highest BCUT2D eigenvalue weighted by atomic mass is 14.7. The first-order valence-electron chi connectivity index (χ1n) is 5.67. The van der Waals surface area contributed by atoms with E-state index < -0.39 is 0 Å². The van der Waals surface area contributed by atoms with Gasteiger partial charge in [-0.05, 0) is 17.7 Å². The standard InChI is InChI=1S/C16H12N/c1-2-6-13(7-3-1)12-15-11-10-14-8-4-5-9-16(14)17-15/h1-12H. The van der Waals surface area contributed by atoms with Crippen molar-refractivity contribution in [2.45, 2.75) is 0 Å². The predicted molar refractivity (Wildman–Crippen MR) is 70.7 cm³/mol. The Bertz CT molecular complexity index is 629. The third kappa shape index (κ3) is 2.18. The summed E-state index contributed by atoms with van der Waals surface area (Å²) in [5.41, 5.74) is 3.21. The van der Waals surface area contributed by atoms with Crippen LogP contribution in [0.3, 0.4) is 0 Å². The fourth-order valence-corrected chi connectivity index (χ4v) is 1.88. The topological polar surface area (TPSA) is 12.9 Å². The highest BCUT2D eigenvalue weighted by Gasteiger charge is 1.99. The van der Waals surface area contributed by atoms with Gasteiger partial charge in [0, 0.05) is 17.5 Å². The predicted octanol–water partition coefficient (Wildman–Crippen LogP) is 3.84. The van der Waals surface area contributed by atoms with E-state index in [4.69, 9.17) is 0 Å². The molecule has 2 aromatic carbocycles. The van der Waals surface area contributed by atoms with Crippen molar-refractivity contribution in [1.82, 2.24) is 4.98 Å². The van der Waals surface area contributed by atoms with E-state index in [-0.39, 0.29) is 0 Å². The normalized spacial score (nSPS) is 10.6. The number of hydrogen-bond acceptors (Lipinski definition) is 1. The van der Waals surface area contributed by atoms with Crippen LogP contribution in [-0.2, 0) is 0 Å². The lowest BCUT2D eigenvalue weighted by molar-refractivity contribution is 1.27. The van der Waals surface area contributed by atoms with Crippen molar-refractivity contribution in [3.63, 3.8) is 0 Å². The third-order valence-corrected chi connectivity index (χ3v) is 2.73. The number of aromatic nitrogens is 1. The van der Waals surface area contributed by atoms with Gasteiger partial charge in [-0.2, -0.15) is 0 Å². The van der Waals surface area contributed by atoms with Crippen LogP contribution >= 0.6 is 0 Å². The summed E-state index contributed by atoms with van der Waals surface area (Å²) in [4.78, 5) is 4.61. The molecule has 0 saturated carbocycles. The molecule has 0 N–H and O–H groups in total. The maximum absolute atomic E-state index is 4.61. The molecule has 0 amide bonds. The molecule has 1 heteroatoms. The van der Waals surface area contributed by atoms with Crippen LogP contribution in [0.2, 0.25) is 0 Å². The molecule has 17 heavy (non-hydrogen) atoms. The lowest BCUT2D eigenvalue weighted by Gasteiger charge is -2.02. The SMILES string of the molecule is [CH](c1ccccc1)c1ccc2ccccc2n1. The molecule has 3 aromatic rings. The Labute approximate surface area is 101 Å². The van der Waals surface area contributed by atoms with Crippen LogP contribution < -0.4 is 0 Å². The van der Waals surface area contributed by atoms with Crippen molar-refractivity contribution in [3.05, 3.63) is 84.4 Å². The Morgan fingerprint density at radius 1 is 0.706 bits per heavy atom. The number of hydrogen-bond donors (Lipinski definition) is 0. The van der Waals surface area contributed by atoms with Gasteiger partial charge in [0.1, 0.15) is 0 Å². The molecule has 81 valence electrons. The average molecular weight is 218 g/mol. The zero-order valence-electron chi connectivity index (χ0n) is 9.38. The minimum atomic E-state index is 0.995. The monoisotopic (exact) mass is 218 g/mol. The van der Waals surface area contributed by atoms with E-state index >= 15 is 0 Å². The van der Waals surface area contributed by atoms with Crippen LogP contribution in [0.5, 0.6) is 0 Å². The first-order chi connectivity index (χ1) is 8.42. The molecule has 0 aliphatic heterocycles. The minimum Gasteiger partial charge on any atom is -0.252 e. The molecular formula is C16H12N. The van der Waals surface area contributed by atoms with E-state index in [0.29, 0.717) is 0 Å². The molecule has 3 rings (SSSR count). The van der Waals surface area contributed by atoms with Crippen molar-refractivity contribution in [1.29, 1.82) is 0 Å².